The Morgan fingerprint density at radius 1 is 1.13 bits per heavy atom. The van der Waals surface area contributed by atoms with Gasteiger partial charge in [-0.2, -0.15) is 0 Å². The third kappa shape index (κ3) is 4.71. The van der Waals surface area contributed by atoms with Crippen molar-refractivity contribution < 1.29 is 24.5 Å². The van der Waals surface area contributed by atoms with E-state index in [-0.39, 0.29) is 11.5 Å². The first-order chi connectivity index (χ1) is 11.0. The zero-order valence-corrected chi connectivity index (χ0v) is 12.5. The molecule has 0 aliphatic rings. The number of carbonyl (C=O) groups excluding carboxylic acids is 1. The molecule has 0 radical (unpaired) electrons. The van der Waals surface area contributed by atoms with E-state index in [0.29, 0.717) is 16.9 Å². The van der Waals surface area contributed by atoms with Crippen LogP contribution < -0.4 is 4.74 Å². The second-order valence-electron chi connectivity index (χ2n) is 4.95. The Bertz CT molecular complexity index is 745. The molecule has 5 heteroatoms. The van der Waals surface area contributed by atoms with Crippen molar-refractivity contribution >= 4 is 17.8 Å². The number of ether oxygens (including phenoxy) is 1. The quantitative estimate of drug-likeness (QED) is 0.632. The fraction of sp³-hybridized carbons (Fsp3) is 0.111. The van der Waals surface area contributed by atoms with Gasteiger partial charge in [0.2, 0.25) is 0 Å². The first-order valence-electron chi connectivity index (χ1n) is 6.92. The summed E-state index contributed by atoms with van der Waals surface area (Å²) in [5, 5.41) is 18.0. The maximum atomic E-state index is 12.1. The van der Waals surface area contributed by atoms with Crippen LogP contribution in [0.2, 0.25) is 0 Å². The van der Waals surface area contributed by atoms with Crippen LogP contribution in [-0.2, 0) is 4.79 Å². The number of aryl methyl sites for hydroxylation is 1. The van der Waals surface area contributed by atoms with Crippen molar-refractivity contribution in [3.05, 3.63) is 65.2 Å². The molecular weight excluding hydrogens is 296 g/mol. The van der Waals surface area contributed by atoms with Gasteiger partial charge in [0, 0.05) is 5.56 Å². The van der Waals surface area contributed by atoms with Gasteiger partial charge in [0.1, 0.15) is 11.5 Å². The van der Waals surface area contributed by atoms with Gasteiger partial charge in [-0.1, -0.05) is 18.2 Å². The highest BCUT2D eigenvalue weighted by molar-refractivity contribution is 6.07. The van der Waals surface area contributed by atoms with E-state index in [1.165, 1.54) is 12.1 Å². The van der Waals surface area contributed by atoms with Crippen LogP contribution in [0.4, 0.5) is 0 Å². The Morgan fingerprint density at radius 3 is 2.43 bits per heavy atom. The Hall–Kier alpha value is -3.08. The minimum atomic E-state index is -1.04. The lowest BCUT2D eigenvalue weighted by Crippen LogP contribution is -2.09. The summed E-state index contributed by atoms with van der Waals surface area (Å²) < 4.78 is 5.03. The van der Waals surface area contributed by atoms with E-state index in [1.54, 1.807) is 49.4 Å². The Morgan fingerprint density at radius 2 is 1.83 bits per heavy atom. The highest BCUT2D eigenvalue weighted by atomic mass is 16.5. The number of aliphatic carboxylic acids is 1. The number of aromatic hydroxyl groups is 1. The lowest BCUT2D eigenvalue weighted by molar-refractivity contribution is -0.139. The Kier molecular flexibility index (Phi) is 5.15. The SMILES string of the molecule is Cc1cc(C(=O)C=Cc2ccc(OCC(=O)O)cc2)ccc1O. The number of carboxylic acid groups (broad SMARTS) is 1. The molecule has 2 N–H and O–H groups in total. The number of benzene rings is 2. The van der Waals surface area contributed by atoms with E-state index >= 15 is 0 Å². The molecule has 0 unspecified atom stereocenters. The number of carboxylic acids is 1. The van der Waals surface area contributed by atoms with Crippen molar-refractivity contribution in [3.63, 3.8) is 0 Å². The third-order valence-corrected chi connectivity index (χ3v) is 3.15. The summed E-state index contributed by atoms with van der Waals surface area (Å²) in [5.41, 5.74) is 1.93. The molecule has 2 aromatic rings. The minimum Gasteiger partial charge on any atom is -0.508 e. The average Bonchev–Trinajstić information content (AvgIpc) is 2.54. The zero-order chi connectivity index (χ0) is 16.8. The van der Waals surface area contributed by atoms with Gasteiger partial charge in [0.05, 0.1) is 0 Å². The number of hydrogen-bond donors (Lipinski definition) is 2. The fourth-order valence-electron chi connectivity index (χ4n) is 1.90. The van der Waals surface area contributed by atoms with E-state index in [9.17, 15) is 14.7 Å². The van der Waals surface area contributed by atoms with Gasteiger partial charge < -0.3 is 14.9 Å². The lowest BCUT2D eigenvalue weighted by atomic mass is 10.1. The molecule has 23 heavy (non-hydrogen) atoms. The highest BCUT2D eigenvalue weighted by Gasteiger charge is 2.04. The van der Waals surface area contributed by atoms with Gasteiger partial charge in [-0.15, -0.1) is 0 Å². The average molecular weight is 312 g/mol. The molecule has 2 aromatic carbocycles. The van der Waals surface area contributed by atoms with Crippen molar-refractivity contribution in [2.45, 2.75) is 6.92 Å². The molecule has 118 valence electrons. The number of ketones is 1. The van der Waals surface area contributed by atoms with Crippen LogP contribution in [0, 0.1) is 6.92 Å². The standard InChI is InChI=1S/C18H16O5/c1-12-10-14(5-9-16(12)19)17(20)8-4-13-2-6-15(7-3-13)23-11-18(21)22/h2-10,19H,11H2,1H3,(H,21,22). The van der Waals surface area contributed by atoms with Crippen LogP contribution in [0.15, 0.2) is 48.5 Å². The van der Waals surface area contributed by atoms with Crippen molar-refractivity contribution in [1.82, 2.24) is 0 Å². The molecule has 0 aliphatic carbocycles. The van der Waals surface area contributed by atoms with E-state index in [2.05, 4.69) is 0 Å². The van der Waals surface area contributed by atoms with Gasteiger partial charge >= 0.3 is 5.97 Å². The van der Waals surface area contributed by atoms with Crippen LogP contribution in [0.3, 0.4) is 0 Å². The molecule has 2 rings (SSSR count). The van der Waals surface area contributed by atoms with E-state index in [4.69, 9.17) is 9.84 Å². The normalized spacial score (nSPS) is 10.7. The van der Waals surface area contributed by atoms with Crippen molar-refractivity contribution in [1.29, 1.82) is 0 Å². The molecule has 0 saturated carbocycles. The largest absolute Gasteiger partial charge is 0.508 e. The van der Waals surface area contributed by atoms with Crippen LogP contribution >= 0.6 is 0 Å². The zero-order valence-electron chi connectivity index (χ0n) is 12.5. The van der Waals surface area contributed by atoms with Crippen molar-refractivity contribution in [2.24, 2.45) is 0 Å². The fourth-order valence-corrected chi connectivity index (χ4v) is 1.90. The molecule has 0 heterocycles. The number of carbonyl (C=O) groups is 2. The van der Waals surface area contributed by atoms with Gasteiger partial charge in [-0.05, 0) is 54.5 Å². The summed E-state index contributed by atoms with van der Waals surface area (Å²) in [6.07, 6.45) is 3.10. The van der Waals surface area contributed by atoms with Gasteiger partial charge in [-0.3, -0.25) is 4.79 Å². The summed E-state index contributed by atoms with van der Waals surface area (Å²) in [4.78, 5) is 22.5. The first kappa shape index (κ1) is 16.3. The monoisotopic (exact) mass is 312 g/mol. The summed E-state index contributed by atoms with van der Waals surface area (Å²) in [5.74, 6) is -0.601. The van der Waals surface area contributed by atoms with E-state index in [1.807, 2.05) is 0 Å². The summed E-state index contributed by atoms with van der Waals surface area (Å²) in [6, 6.07) is 11.4. The summed E-state index contributed by atoms with van der Waals surface area (Å²) in [6.45, 7) is 1.33. The second-order valence-corrected chi connectivity index (χ2v) is 4.95. The number of allylic oxidation sites excluding steroid dienone is 1. The molecule has 0 saturated heterocycles. The summed E-state index contributed by atoms with van der Waals surface area (Å²) in [7, 11) is 0. The maximum absolute atomic E-state index is 12.1. The van der Waals surface area contributed by atoms with Crippen LogP contribution in [0.25, 0.3) is 6.08 Å². The topological polar surface area (TPSA) is 83.8 Å². The predicted octanol–water partition coefficient (Wildman–Crippen LogP) is 3.06. The lowest BCUT2D eigenvalue weighted by Gasteiger charge is -2.03. The summed E-state index contributed by atoms with van der Waals surface area (Å²) >= 11 is 0. The van der Waals surface area contributed by atoms with Gasteiger partial charge in [0.25, 0.3) is 0 Å². The molecular formula is C18H16O5. The Labute approximate surface area is 133 Å². The van der Waals surface area contributed by atoms with E-state index in [0.717, 1.165) is 5.56 Å². The van der Waals surface area contributed by atoms with Crippen molar-refractivity contribution in [2.75, 3.05) is 6.61 Å². The van der Waals surface area contributed by atoms with Gasteiger partial charge in [0.15, 0.2) is 12.4 Å². The number of rotatable bonds is 6. The molecule has 0 fully saturated rings. The van der Waals surface area contributed by atoms with Crippen LogP contribution in [0.5, 0.6) is 11.5 Å². The molecule has 5 nitrogen and oxygen atoms in total. The molecule has 0 aromatic heterocycles. The number of phenolic OH excluding ortho intramolecular Hbond substituents is 1. The molecule has 0 atom stereocenters. The molecule has 0 spiro atoms. The van der Waals surface area contributed by atoms with Crippen LogP contribution in [0.1, 0.15) is 21.5 Å². The molecule has 0 amide bonds. The number of phenols is 1. The number of hydrogen-bond acceptors (Lipinski definition) is 4. The first-order valence-corrected chi connectivity index (χ1v) is 6.92. The van der Waals surface area contributed by atoms with E-state index < -0.39 is 12.6 Å². The minimum absolute atomic E-state index is 0.155. The molecule has 0 aliphatic heterocycles. The second kappa shape index (κ2) is 7.26. The third-order valence-electron chi connectivity index (χ3n) is 3.15. The van der Waals surface area contributed by atoms with Gasteiger partial charge in [-0.25, -0.2) is 4.79 Å². The predicted molar refractivity (Wildman–Crippen MR) is 85.8 cm³/mol. The Balaban J connectivity index is 2.03. The van der Waals surface area contributed by atoms with Crippen molar-refractivity contribution in [3.8, 4) is 11.5 Å². The highest BCUT2D eigenvalue weighted by Crippen LogP contribution is 2.18. The molecule has 0 bridgehead atoms. The smallest absolute Gasteiger partial charge is 0.341 e. The maximum Gasteiger partial charge on any atom is 0.341 e. The van der Waals surface area contributed by atoms with Crippen LogP contribution in [-0.4, -0.2) is 28.6 Å².